The number of nitrogens with zero attached hydrogens (tertiary/aromatic N) is 1. The highest BCUT2D eigenvalue weighted by Crippen LogP contribution is 2.23. The van der Waals surface area contributed by atoms with E-state index in [4.69, 9.17) is 4.74 Å². The summed E-state index contributed by atoms with van der Waals surface area (Å²) in [4.78, 5) is 27.1. The van der Waals surface area contributed by atoms with E-state index in [9.17, 15) is 9.59 Å². The van der Waals surface area contributed by atoms with Crippen LogP contribution in [0.4, 0.5) is 5.69 Å². The Labute approximate surface area is 160 Å². The molecule has 27 heavy (non-hydrogen) atoms. The first-order chi connectivity index (χ1) is 13.1. The molecule has 3 rings (SSSR count). The summed E-state index contributed by atoms with van der Waals surface area (Å²) in [6.45, 7) is 5.71. The minimum atomic E-state index is -0.0718. The van der Waals surface area contributed by atoms with E-state index in [0.717, 1.165) is 22.6 Å². The number of likely N-dealkylation sites (tertiary alicyclic amines) is 1. The van der Waals surface area contributed by atoms with Crippen LogP contribution in [0.3, 0.4) is 0 Å². The maximum absolute atomic E-state index is 12.7. The standard InChI is InChI=1S/C22H26N2O3/c1-3-27-19-10-8-18(9-11-19)23-21(25)17-12-14-24(15-13-17)22(26)20-7-5-4-6-16(20)2/h4-11,17H,3,12-15H2,1-2H3,(H,23,25). The smallest absolute Gasteiger partial charge is 0.254 e. The summed E-state index contributed by atoms with van der Waals surface area (Å²) in [5.74, 6) is 0.789. The number of hydrogen-bond donors (Lipinski definition) is 1. The molecule has 0 aliphatic carbocycles. The Bertz CT molecular complexity index is 793. The lowest BCUT2D eigenvalue weighted by Gasteiger charge is -2.31. The SMILES string of the molecule is CCOc1ccc(NC(=O)C2CCN(C(=O)c3ccccc3C)CC2)cc1. The predicted octanol–water partition coefficient (Wildman–Crippen LogP) is 3.88. The number of hydrogen-bond acceptors (Lipinski definition) is 3. The molecule has 1 N–H and O–H groups in total. The first kappa shape index (κ1) is 19.0. The highest BCUT2D eigenvalue weighted by Gasteiger charge is 2.28. The third-order valence-electron chi connectivity index (χ3n) is 4.96. The fourth-order valence-electron chi connectivity index (χ4n) is 3.37. The molecule has 1 heterocycles. The maximum atomic E-state index is 12.7. The summed E-state index contributed by atoms with van der Waals surface area (Å²) in [5, 5.41) is 2.97. The summed E-state index contributed by atoms with van der Waals surface area (Å²) in [5.41, 5.74) is 2.49. The van der Waals surface area contributed by atoms with Crippen molar-refractivity contribution in [2.45, 2.75) is 26.7 Å². The molecule has 1 fully saturated rings. The molecule has 0 spiro atoms. The van der Waals surface area contributed by atoms with Crippen molar-refractivity contribution < 1.29 is 14.3 Å². The first-order valence-electron chi connectivity index (χ1n) is 9.47. The molecule has 2 aromatic rings. The Balaban J connectivity index is 1.53. The number of nitrogens with one attached hydrogen (secondary N) is 1. The molecule has 0 unspecified atom stereocenters. The minimum absolute atomic E-state index is 0.0159. The average Bonchev–Trinajstić information content (AvgIpc) is 2.70. The summed E-state index contributed by atoms with van der Waals surface area (Å²) < 4.78 is 5.41. The molecule has 1 saturated heterocycles. The molecule has 1 aliphatic rings. The second-order valence-corrected chi connectivity index (χ2v) is 6.83. The minimum Gasteiger partial charge on any atom is -0.494 e. The molecule has 2 amide bonds. The zero-order valence-corrected chi connectivity index (χ0v) is 15.9. The van der Waals surface area contributed by atoms with E-state index < -0.39 is 0 Å². The second kappa shape index (κ2) is 8.71. The predicted molar refractivity (Wildman–Crippen MR) is 106 cm³/mol. The van der Waals surface area contributed by atoms with Crippen LogP contribution in [0.15, 0.2) is 48.5 Å². The summed E-state index contributed by atoms with van der Waals surface area (Å²) >= 11 is 0. The van der Waals surface area contributed by atoms with Gasteiger partial charge in [0.1, 0.15) is 5.75 Å². The molecule has 142 valence electrons. The van der Waals surface area contributed by atoms with Gasteiger partial charge in [-0.1, -0.05) is 18.2 Å². The van der Waals surface area contributed by atoms with Crippen LogP contribution in [-0.4, -0.2) is 36.4 Å². The van der Waals surface area contributed by atoms with Gasteiger partial charge in [0.15, 0.2) is 0 Å². The van der Waals surface area contributed by atoms with Gasteiger partial charge in [-0.2, -0.15) is 0 Å². The Morgan fingerprint density at radius 1 is 1.07 bits per heavy atom. The Morgan fingerprint density at radius 2 is 1.74 bits per heavy atom. The van der Waals surface area contributed by atoms with Crippen LogP contribution in [-0.2, 0) is 4.79 Å². The van der Waals surface area contributed by atoms with Gasteiger partial charge < -0.3 is 15.0 Å². The van der Waals surface area contributed by atoms with E-state index in [-0.39, 0.29) is 17.7 Å². The van der Waals surface area contributed by atoms with E-state index in [1.807, 2.05) is 67.3 Å². The van der Waals surface area contributed by atoms with E-state index in [1.165, 1.54) is 0 Å². The summed E-state index contributed by atoms with van der Waals surface area (Å²) in [6, 6.07) is 15.0. The van der Waals surface area contributed by atoms with Crippen LogP contribution in [0.5, 0.6) is 5.75 Å². The van der Waals surface area contributed by atoms with Crippen LogP contribution >= 0.6 is 0 Å². The lowest BCUT2D eigenvalue weighted by molar-refractivity contribution is -0.121. The van der Waals surface area contributed by atoms with Crippen molar-refractivity contribution in [2.24, 2.45) is 5.92 Å². The lowest BCUT2D eigenvalue weighted by atomic mass is 9.95. The number of aryl methyl sites for hydroxylation is 1. The normalized spacial score (nSPS) is 14.7. The Kier molecular flexibility index (Phi) is 6.12. The molecule has 0 saturated carbocycles. The molecule has 1 aliphatic heterocycles. The van der Waals surface area contributed by atoms with Crippen molar-refractivity contribution in [3.8, 4) is 5.75 Å². The van der Waals surface area contributed by atoms with Gasteiger partial charge in [-0.25, -0.2) is 0 Å². The first-order valence-corrected chi connectivity index (χ1v) is 9.47. The highest BCUT2D eigenvalue weighted by atomic mass is 16.5. The van der Waals surface area contributed by atoms with Crippen molar-refractivity contribution in [3.05, 3.63) is 59.7 Å². The van der Waals surface area contributed by atoms with Crippen molar-refractivity contribution in [1.82, 2.24) is 4.90 Å². The van der Waals surface area contributed by atoms with Crippen LogP contribution in [0.25, 0.3) is 0 Å². The van der Waals surface area contributed by atoms with Gasteiger partial charge in [-0.15, -0.1) is 0 Å². The monoisotopic (exact) mass is 366 g/mol. The van der Waals surface area contributed by atoms with Crippen molar-refractivity contribution in [1.29, 1.82) is 0 Å². The molecule has 0 radical (unpaired) electrons. The van der Waals surface area contributed by atoms with Crippen molar-refractivity contribution >= 4 is 17.5 Å². The number of amides is 2. The molecule has 5 heteroatoms. The fraction of sp³-hybridized carbons (Fsp3) is 0.364. The molecule has 0 bridgehead atoms. The number of carbonyl (C=O) groups is 2. The largest absolute Gasteiger partial charge is 0.494 e. The van der Waals surface area contributed by atoms with Gasteiger partial charge in [0.2, 0.25) is 5.91 Å². The van der Waals surface area contributed by atoms with Gasteiger partial charge in [-0.05, 0) is 62.6 Å². The molecule has 2 aromatic carbocycles. The number of rotatable bonds is 5. The molecule has 5 nitrogen and oxygen atoms in total. The van der Waals surface area contributed by atoms with Gasteiger partial charge in [0.05, 0.1) is 6.61 Å². The second-order valence-electron chi connectivity index (χ2n) is 6.83. The zero-order valence-electron chi connectivity index (χ0n) is 15.9. The summed E-state index contributed by atoms with van der Waals surface area (Å²) in [7, 11) is 0. The van der Waals surface area contributed by atoms with Crippen LogP contribution in [0, 0.1) is 12.8 Å². The number of benzene rings is 2. The molecular formula is C22H26N2O3. The van der Waals surface area contributed by atoms with E-state index in [1.54, 1.807) is 0 Å². The summed E-state index contributed by atoms with van der Waals surface area (Å²) in [6.07, 6.45) is 1.36. The van der Waals surface area contributed by atoms with Gasteiger partial charge in [0, 0.05) is 30.3 Å². The van der Waals surface area contributed by atoms with Crippen molar-refractivity contribution in [3.63, 3.8) is 0 Å². The Hall–Kier alpha value is -2.82. The van der Waals surface area contributed by atoms with E-state index >= 15 is 0 Å². The molecule has 0 atom stereocenters. The van der Waals surface area contributed by atoms with E-state index in [2.05, 4.69) is 5.32 Å². The van der Waals surface area contributed by atoms with Gasteiger partial charge >= 0.3 is 0 Å². The van der Waals surface area contributed by atoms with E-state index in [0.29, 0.717) is 32.5 Å². The molecular weight excluding hydrogens is 340 g/mol. The average molecular weight is 366 g/mol. The van der Waals surface area contributed by atoms with Crippen LogP contribution < -0.4 is 10.1 Å². The number of anilines is 1. The van der Waals surface area contributed by atoms with Crippen LogP contribution in [0.1, 0.15) is 35.7 Å². The number of ether oxygens (including phenoxy) is 1. The fourth-order valence-corrected chi connectivity index (χ4v) is 3.37. The Morgan fingerprint density at radius 3 is 2.37 bits per heavy atom. The third kappa shape index (κ3) is 4.67. The zero-order chi connectivity index (χ0) is 19.2. The van der Waals surface area contributed by atoms with Gasteiger partial charge in [-0.3, -0.25) is 9.59 Å². The number of carbonyl (C=O) groups excluding carboxylic acids is 2. The third-order valence-corrected chi connectivity index (χ3v) is 4.96. The van der Waals surface area contributed by atoms with Crippen LogP contribution in [0.2, 0.25) is 0 Å². The molecule has 0 aromatic heterocycles. The van der Waals surface area contributed by atoms with Gasteiger partial charge in [0.25, 0.3) is 5.91 Å². The topological polar surface area (TPSA) is 58.6 Å². The highest BCUT2D eigenvalue weighted by molar-refractivity contribution is 5.96. The van der Waals surface area contributed by atoms with Crippen molar-refractivity contribution in [2.75, 3.05) is 25.0 Å². The number of piperidine rings is 1. The maximum Gasteiger partial charge on any atom is 0.254 e. The lowest BCUT2D eigenvalue weighted by Crippen LogP contribution is -2.41. The quantitative estimate of drug-likeness (QED) is 0.873.